The molecule has 0 aromatic heterocycles. The largest absolute Gasteiger partial charge is 0.489 e. The van der Waals surface area contributed by atoms with E-state index in [9.17, 15) is 18.3 Å². The van der Waals surface area contributed by atoms with Gasteiger partial charge in [-0.25, -0.2) is 8.42 Å². The molecule has 2 aromatic carbocycles. The van der Waals surface area contributed by atoms with Gasteiger partial charge < -0.3 is 15.2 Å². The number of rotatable bonds is 8. The molecule has 0 spiro atoms. The lowest BCUT2D eigenvalue weighted by atomic mass is 10.2. The Bertz CT molecular complexity index is 988. The minimum atomic E-state index is -3.77. The van der Waals surface area contributed by atoms with Gasteiger partial charge in [0.15, 0.2) is 0 Å². The van der Waals surface area contributed by atoms with Crippen LogP contribution in [0.25, 0.3) is 0 Å². The van der Waals surface area contributed by atoms with E-state index in [1.54, 1.807) is 36.4 Å². The van der Waals surface area contributed by atoms with Gasteiger partial charge in [-0.05, 0) is 37.1 Å². The highest BCUT2D eigenvalue weighted by molar-refractivity contribution is 7.89. The molecule has 1 fully saturated rings. The van der Waals surface area contributed by atoms with Gasteiger partial charge >= 0.3 is 0 Å². The van der Waals surface area contributed by atoms with Crippen molar-refractivity contribution in [1.82, 2.24) is 9.62 Å². The van der Waals surface area contributed by atoms with Gasteiger partial charge in [-0.15, -0.1) is 0 Å². The lowest BCUT2D eigenvalue weighted by Crippen LogP contribution is -2.48. The van der Waals surface area contributed by atoms with E-state index in [2.05, 4.69) is 5.32 Å². The zero-order valence-electron chi connectivity index (χ0n) is 16.0. The van der Waals surface area contributed by atoms with Gasteiger partial charge in [0, 0.05) is 13.1 Å². The molecule has 7 nitrogen and oxygen atoms in total. The van der Waals surface area contributed by atoms with Crippen LogP contribution >= 0.6 is 23.2 Å². The standard InChI is InChI=1S/C20H22Cl2N2O5S/c21-16-8-4-10-18(19(16)22)29-13-14(25)12-23-20(26)17-9-5-11-24(17)30(27,28)15-6-2-1-3-7-15/h1-4,6-8,10,14,17,25H,5,9,11-13H2,(H,23,26). The zero-order valence-corrected chi connectivity index (χ0v) is 18.3. The van der Waals surface area contributed by atoms with Crippen molar-refractivity contribution in [3.8, 4) is 5.75 Å². The molecule has 0 saturated carbocycles. The number of benzene rings is 2. The van der Waals surface area contributed by atoms with Gasteiger partial charge in [0.25, 0.3) is 0 Å². The first-order valence-corrected chi connectivity index (χ1v) is 11.6. The quantitative estimate of drug-likeness (QED) is 0.615. The van der Waals surface area contributed by atoms with Gasteiger partial charge in [0.1, 0.15) is 29.5 Å². The topological polar surface area (TPSA) is 95.9 Å². The van der Waals surface area contributed by atoms with Crippen LogP contribution in [-0.2, 0) is 14.8 Å². The first-order chi connectivity index (χ1) is 14.3. The molecule has 2 aromatic rings. The Labute approximate surface area is 185 Å². The average Bonchev–Trinajstić information content (AvgIpc) is 3.25. The molecule has 0 aliphatic carbocycles. The fraction of sp³-hybridized carbons (Fsp3) is 0.350. The van der Waals surface area contributed by atoms with E-state index in [1.165, 1.54) is 16.4 Å². The van der Waals surface area contributed by atoms with Crippen LogP contribution in [0.3, 0.4) is 0 Å². The molecule has 0 radical (unpaired) electrons. The predicted molar refractivity (Wildman–Crippen MR) is 114 cm³/mol. The Morgan fingerprint density at radius 2 is 1.93 bits per heavy atom. The number of ether oxygens (including phenoxy) is 1. The molecule has 2 atom stereocenters. The van der Waals surface area contributed by atoms with Crippen molar-refractivity contribution in [3.05, 3.63) is 58.6 Å². The first kappa shape index (κ1) is 22.8. The van der Waals surface area contributed by atoms with Crippen LogP contribution in [-0.4, -0.2) is 55.6 Å². The average molecular weight is 473 g/mol. The Morgan fingerprint density at radius 3 is 2.67 bits per heavy atom. The zero-order chi connectivity index (χ0) is 21.7. The predicted octanol–water partition coefficient (Wildman–Crippen LogP) is 2.70. The number of sulfonamides is 1. The van der Waals surface area contributed by atoms with E-state index >= 15 is 0 Å². The van der Waals surface area contributed by atoms with E-state index in [-0.39, 0.29) is 29.6 Å². The molecule has 2 unspecified atom stereocenters. The van der Waals surface area contributed by atoms with Gasteiger partial charge in [-0.3, -0.25) is 4.79 Å². The van der Waals surface area contributed by atoms with Crippen molar-refractivity contribution in [2.75, 3.05) is 19.7 Å². The number of nitrogens with one attached hydrogen (secondary N) is 1. The number of nitrogens with zero attached hydrogens (tertiary/aromatic N) is 1. The molecule has 1 aliphatic rings. The number of aliphatic hydroxyl groups is 1. The second kappa shape index (κ2) is 9.98. The minimum absolute atomic E-state index is 0.0905. The van der Waals surface area contributed by atoms with E-state index < -0.39 is 28.1 Å². The maximum atomic E-state index is 12.9. The second-order valence-electron chi connectivity index (χ2n) is 6.85. The molecule has 3 rings (SSSR count). The van der Waals surface area contributed by atoms with Crippen molar-refractivity contribution >= 4 is 39.1 Å². The number of hydrogen-bond donors (Lipinski definition) is 2. The summed E-state index contributed by atoms with van der Waals surface area (Å²) in [7, 11) is -3.77. The lowest BCUT2D eigenvalue weighted by Gasteiger charge is -2.24. The number of carbonyl (C=O) groups is 1. The normalized spacial score (nSPS) is 18.2. The van der Waals surface area contributed by atoms with E-state index in [0.717, 1.165) is 0 Å². The summed E-state index contributed by atoms with van der Waals surface area (Å²) in [4.78, 5) is 12.8. The summed E-state index contributed by atoms with van der Waals surface area (Å²) in [5, 5.41) is 13.3. The molecule has 1 aliphatic heterocycles. The summed E-state index contributed by atoms with van der Waals surface area (Å²) in [6, 6.07) is 12.1. The van der Waals surface area contributed by atoms with Crippen LogP contribution in [0.4, 0.5) is 0 Å². The number of aliphatic hydroxyl groups excluding tert-OH is 1. The molecule has 30 heavy (non-hydrogen) atoms. The summed E-state index contributed by atoms with van der Waals surface area (Å²) in [6.45, 7) is 0.0675. The van der Waals surface area contributed by atoms with Crippen LogP contribution < -0.4 is 10.1 Å². The minimum Gasteiger partial charge on any atom is -0.489 e. The summed E-state index contributed by atoms with van der Waals surface area (Å²) in [6.07, 6.45) is -0.00400. The third-order valence-electron chi connectivity index (χ3n) is 4.72. The Hall–Kier alpha value is -1.84. The fourth-order valence-corrected chi connectivity index (χ4v) is 5.22. The van der Waals surface area contributed by atoms with Crippen molar-refractivity contribution in [3.63, 3.8) is 0 Å². The smallest absolute Gasteiger partial charge is 0.243 e. The number of amides is 1. The summed E-state index contributed by atoms with van der Waals surface area (Å²) >= 11 is 11.9. The number of halogens is 2. The van der Waals surface area contributed by atoms with Crippen molar-refractivity contribution in [1.29, 1.82) is 0 Å². The van der Waals surface area contributed by atoms with Crippen LogP contribution in [0, 0.1) is 0 Å². The van der Waals surface area contributed by atoms with Gasteiger partial charge in [-0.2, -0.15) is 4.31 Å². The summed E-state index contributed by atoms with van der Waals surface area (Å²) in [5.74, 6) is -0.127. The van der Waals surface area contributed by atoms with Crippen LogP contribution in [0.2, 0.25) is 10.0 Å². The van der Waals surface area contributed by atoms with Crippen LogP contribution in [0.1, 0.15) is 12.8 Å². The van der Waals surface area contributed by atoms with E-state index in [0.29, 0.717) is 23.6 Å². The SMILES string of the molecule is O=C(NCC(O)COc1cccc(Cl)c1Cl)C1CCCN1S(=O)(=O)c1ccccc1. The Kier molecular flexibility index (Phi) is 7.60. The molecule has 10 heteroatoms. The highest BCUT2D eigenvalue weighted by Gasteiger charge is 2.39. The van der Waals surface area contributed by atoms with Crippen molar-refractivity contribution in [2.45, 2.75) is 29.9 Å². The van der Waals surface area contributed by atoms with Gasteiger partial charge in [0.2, 0.25) is 15.9 Å². The molecule has 162 valence electrons. The number of hydrogen-bond acceptors (Lipinski definition) is 5. The molecular weight excluding hydrogens is 451 g/mol. The maximum Gasteiger partial charge on any atom is 0.243 e. The molecular formula is C20H22Cl2N2O5S. The van der Waals surface area contributed by atoms with Crippen molar-refractivity contribution in [2.24, 2.45) is 0 Å². The third-order valence-corrected chi connectivity index (χ3v) is 7.44. The fourth-order valence-electron chi connectivity index (χ4n) is 3.19. The monoisotopic (exact) mass is 472 g/mol. The van der Waals surface area contributed by atoms with Crippen molar-refractivity contribution < 1.29 is 23.1 Å². The van der Waals surface area contributed by atoms with Gasteiger partial charge in [0.05, 0.1) is 9.92 Å². The molecule has 1 saturated heterocycles. The van der Waals surface area contributed by atoms with E-state index in [1.807, 2.05) is 0 Å². The Balaban J connectivity index is 1.55. The highest BCUT2D eigenvalue weighted by atomic mass is 35.5. The highest BCUT2D eigenvalue weighted by Crippen LogP contribution is 2.31. The Morgan fingerprint density at radius 1 is 1.20 bits per heavy atom. The van der Waals surface area contributed by atoms with Crippen LogP contribution in [0.5, 0.6) is 5.75 Å². The van der Waals surface area contributed by atoms with Gasteiger partial charge in [-0.1, -0.05) is 47.5 Å². The molecule has 1 heterocycles. The maximum absolute atomic E-state index is 12.9. The number of carbonyl (C=O) groups excluding carboxylic acids is 1. The molecule has 2 N–H and O–H groups in total. The first-order valence-electron chi connectivity index (χ1n) is 9.40. The summed E-state index contributed by atoms with van der Waals surface area (Å²) < 4.78 is 32.4. The molecule has 0 bridgehead atoms. The molecule has 1 amide bonds. The summed E-state index contributed by atoms with van der Waals surface area (Å²) in [5.41, 5.74) is 0. The second-order valence-corrected chi connectivity index (χ2v) is 9.52. The van der Waals surface area contributed by atoms with E-state index in [4.69, 9.17) is 27.9 Å². The third kappa shape index (κ3) is 5.25. The lowest BCUT2D eigenvalue weighted by molar-refractivity contribution is -0.124. The van der Waals surface area contributed by atoms with Crippen LogP contribution in [0.15, 0.2) is 53.4 Å².